The van der Waals surface area contributed by atoms with Crippen LogP contribution in [0.2, 0.25) is 0 Å². The third kappa shape index (κ3) is 1.44. The highest BCUT2D eigenvalue weighted by Crippen LogP contribution is 1.98. The number of aromatic nitrogens is 1. The Balaban J connectivity index is 3.24. The highest BCUT2D eigenvalue weighted by molar-refractivity contribution is 5.15. The van der Waals surface area contributed by atoms with E-state index in [9.17, 15) is 9.18 Å². The summed E-state index contributed by atoms with van der Waals surface area (Å²) in [5.74, 6) is -0.629. The van der Waals surface area contributed by atoms with Crippen LogP contribution in [-0.4, -0.2) is 4.98 Å². The first-order chi connectivity index (χ1) is 5.25. The van der Waals surface area contributed by atoms with Gasteiger partial charge < -0.3 is 4.98 Å². The number of halogens is 1. The third-order valence-corrected chi connectivity index (χ3v) is 1.26. The molecule has 0 saturated heterocycles. The normalized spacial score (nSPS) is 9.09. The second kappa shape index (κ2) is 2.97. The summed E-state index contributed by atoms with van der Waals surface area (Å²) in [7, 11) is 0. The molecule has 1 N–H and O–H groups in total. The quantitative estimate of drug-likeness (QED) is 0.639. The highest BCUT2D eigenvalue weighted by Gasteiger charge is 2.04. The monoisotopic (exact) mass is 152 g/mol. The van der Waals surface area contributed by atoms with Crippen molar-refractivity contribution in [2.45, 2.75) is 6.42 Å². The fourth-order valence-corrected chi connectivity index (χ4v) is 0.730. The molecule has 0 saturated carbocycles. The Morgan fingerprint density at radius 1 is 1.73 bits per heavy atom. The standard InChI is InChI=1S/C7H5FN2O/c8-6-2-4-10-7(11)5(6)1-3-9/h2,4H,1H2,(H,10,11). The minimum atomic E-state index is -0.629. The van der Waals surface area contributed by atoms with E-state index in [-0.39, 0.29) is 12.0 Å². The maximum Gasteiger partial charge on any atom is 0.255 e. The Labute approximate surface area is 62.1 Å². The molecule has 1 aromatic heterocycles. The molecule has 0 radical (unpaired) electrons. The van der Waals surface area contributed by atoms with Crippen molar-refractivity contribution in [1.82, 2.24) is 4.98 Å². The lowest BCUT2D eigenvalue weighted by atomic mass is 10.2. The molecule has 3 nitrogen and oxygen atoms in total. The molecule has 0 aliphatic carbocycles. The van der Waals surface area contributed by atoms with Crippen molar-refractivity contribution in [2.24, 2.45) is 0 Å². The summed E-state index contributed by atoms with van der Waals surface area (Å²) in [6, 6.07) is 2.82. The van der Waals surface area contributed by atoms with Crippen LogP contribution in [0.25, 0.3) is 0 Å². The van der Waals surface area contributed by atoms with Crippen molar-refractivity contribution in [3.63, 3.8) is 0 Å². The van der Waals surface area contributed by atoms with Crippen molar-refractivity contribution in [3.05, 3.63) is 34.0 Å². The lowest BCUT2D eigenvalue weighted by Crippen LogP contribution is -2.13. The molecule has 0 bridgehead atoms. The molecule has 0 aliphatic heterocycles. The van der Waals surface area contributed by atoms with Crippen molar-refractivity contribution in [2.75, 3.05) is 0 Å². The highest BCUT2D eigenvalue weighted by atomic mass is 19.1. The first kappa shape index (κ1) is 7.48. The maximum atomic E-state index is 12.7. The molecule has 11 heavy (non-hydrogen) atoms. The van der Waals surface area contributed by atoms with E-state index in [4.69, 9.17) is 5.26 Å². The van der Waals surface area contributed by atoms with Crippen molar-refractivity contribution in [1.29, 1.82) is 5.26 Å². The van der Waals surface area contributed by atoms with Crippen LogP contribution >= 0.6 is 0 Å². The zero-order valence-corrected chi connectivity index (χ0v) is 5.60. The average Bonchev–Trinajstić information content (AvgIpc) is 1.97. The molecular weight excluding hydrogens is 147 g/mol. The van der Waals surface area contributed by atoms with Gasteiger partial charge in [0, 0.05) is 6.20 Å². The number of nitrogens with one attached hydrogen (secondary N) is 1. The average molecular weight is 152 g/mol. The fourth-order valence-electron chi connectivity index (χ4n) is 0.730. The van der Waals surface area contributed by atoms with E-state index < -0.39 is 11.4 Å². The summed E-state index contributed by atoms with van der Waals surface area (Å²) in [6.07, 6.45) is 1.01. The van der Waals surface area contributed by atoms with E-state index >= 15 is 0 Å². The van der Waals surface area contributed by atoms with Gasteiger partial charge in [0.2, 0.25) is 0 Å². The molecule has 0 aromatic carbocycles. The molecule has 1 aromatic rings. The summed E-state index contributed by atoms with van der Waals surface area (Å²) in [6.45, 7) is 0. The minimum absolute atomic E-state index is 0.102. The van der Waals surface area contributed by atoms with E-state index in [1.54, 1.807) is 6.07 Å². The third-order valence-electron chi connectivity index (χ3n) is 1.26. The fraction of sp³-hybridized carbons (Fsp3) is 0.143. The summed E-state index contributed by atoms with van der Waals surface area (Å²) >= 11 is 0. The van der Waals surface area contributed by atoms with Gasteiger partial charge in [0.05, 0.1) is 18.1 Å². The van der Waals surface area contributed by atoms with Crippen molar-refractivity contribution in [3.8, 4) is 6.07 Å². The molecule has 1 heterocycles. The smallest absolute Gasteiger partial charge is 0.255 e. The Morgan fingerprint density at radius 2 is 2.45 bits per heavy atom. The zero-order chi connectivity index (χ0) is 8.27. The number of hydrogen-bond donors (Lipinski definition) is 1. The summed E-state index contributed by atoms with van der Waals surface area (Å²) in [5, 5.41) is 8.20. The summed E-state index contributed by atoms with van der Waals surface area (Å²) < 4.78 is 12.7. The SMILES string of the molecule is N#CCc1c(F)cc[nH]c1=O. The number of pyridine rings is 1. The van der Waals surface area contributed by atoms with Gasteiger partial charge in [-0.15, -0.1) is 0 Å². The lowest BCUT2D eigenvalue weighted by Gasteiger charge is -1.92. The Hall–Kier alpha value is -1.63. The Bertz CT molecular complexity index is 350. The van der Waals surface area contributed by atoms with E-state index in [1.807, 2.05) is 0 Å². The lowest BCUT2D eigenvalue weighted by molar-refractivity contribution is 0.609. The van der Waals surface area contributed by atoms with Gasteiger partial charge in [-0.05, 0) is 6.07 Å². The molecule has 4 heteroatoms. The van der Waals surface area contributed by atoms with E-state index in [1.165, 1.54) is 6.20 Å². The van der Waals surface area contributed by atoms with Gasteiger partial charge in [-0.1, -0.05) is 0 Å². The van der Waals surface area contributed by atoms with Gasteiger partial charge in [-0.25, -0.2) is 4.39 Å². The van der Waals surface area contributed by atoms with E-state index in [2.05, 4.69) is 4.98 Å². The van der Waals surface area contributed by atoms with Crippen LogP contribution in [0.5, 0.6) is 0 Å². The molecule has 0 unspecified atom stereocenters. The van der Waals surface area contributed by atoms with Crippen LogP contribution in [0.3, 0.4) is 0 Å². The number of aromatic amines is 1. The number of rotatable bonds is 1. The topological polar surface area (TPSA) is 56.6 Å². The number of nitrogens with zero attached hydrogens (tertiary/aromatic N) is 1. The second-order valence-corrected chi connectivity index (χ2v) is 1.97. The van der Waals surface area contributed by atoms with E-state index in [0.29, 0.717) is 0 Å². The van der Waals surface area contributed by atoms with Crippen LogP contribution in [0.15, 0.2) is 17.1 Å². The summed E-state index contributed by atoms with van der Waals surface area (Å²) in [4.78, 5) is 13.1. The molecular formula is C7H5FN2O. The van der Waals surface area contributed by atoms with Gasteiger partial charge in [-0.3, -0.25) is 4.79 Å². The number of nitriles is 1. The molecule has 1 rings (SSSR count). The van der Waals surface area contributed by atoms with Gasteiger partial charge in [-0.2, -0.15) is 5.26 Å². The van der Waals surface area contributed by atoms with Crippen LogP contribution in [-0.2, 0) is 6.42 Å². The Kier molecular flexibility index (Phi) is 2.02. The van der Waals surface area contributed by atoms with Gasteiger partial charge in [0.25, 0.3) is 5.56 Å². The van der Waals surface area contributed by atoms with Crippen LogP contribution < -0.4 is 5.56 Å². The van der Waals surface area contributed by atoms with Gasteiger partial charge in [0.15, 0.2) is 0 Å². The molecule has 0 fully saturated rings. The van der Waals surface area contributed by atoms with Crippen LogP contribution in [0, 0.1) is 17.1 Å². The minimum Gasteiger partial charge on any atom is -0.329 e. The molecule has 0 atom stereocenters. The summed E-state index contributed by atoms with van der Waals surface area (Å²) in [5.41, 5.74) is -0.637. The molecule has 56 valence electrons. The van der Waals surface area contributed by atoms with E-state index in [0.717, 1.165) is 6.07 Å². The molecule has 0 amide bonds. The van der Waals surface area contributed by atoms with Gasteiger partial charge >= 0.3 is 0 Å². The largest absolute Gasteiger partial charge is 0.329 e. The molecule has 0 spiro atoms. The maximum absolute atomic E-state index is 12.7. The van der Waals surface area contributed by atoms with Crippen LogP contribution in [0.4, 0.5) is 4.39 Å². The van der Waals surface area contributed by atoms with Gasteiger partial charge in [0.1, 0.15) is 5.82 Å². The first-order valence-corrected chi connectivity index (χ1v) is 2.98. The predicted octanol–water partition coefficient (Wildman–Crippen LogP) is 0.580. The van der Waals surface area contributed by atoms with Crippen molar-refractivity contribution >= 4 is 0 Å². The first-order valence-electron chi connectivity index (χ1n) is 2.98. The number of H-pyrrole nitrogens is 1. The van der Waals surface area contributed by atoms with Crippen LogP contribution in [0.1, 0.15) is 5.56 Å². The van der Waals surface area contributed by atoms with Crippen molar-refractivity contribution < 1.29 is 4.39 Å². The zero-order valence-electron chi connectivity index (χ0n) is 5.60. The molecule has 0 aliphatic rings. The predicted molar refractivity (Wildman–Crippen MR) is 36.3 cm³/mol. The number of hydrogen-bond acceptors (Lipinski definition) is 2. The Morgan fingerprint density at radius 3 is 3.00 bits per heavy atom. The second-order valence-electron chi connectivity index (χ2n) is 1.97.